The maximum Gasteiger partial charge on any atom is 0.280 e. The van der Waals surface area contributed by atoms with Gasteiger partial charge in [0.1, 0.15) is 11.5 Å². The number of hydrogen-bond donors (Lipinski definition) is 2. The van der Waals surface area contributed by atoms with E-state index in [0.717, 1.165) is 38.9 Å². The fourth-order valence-corrected chi connectivity index (χ4v) is 2.97. The van der Waals surface area contributed by atoms with Gasteiger partial charge in [0.2, 0.25) is 5.95 Å². The Labute approximate surface area is 122 Å². The third-order valence-electron chi connectivity index (χ3n) is 4.13. The van der Waals surface area contributed by atoms with Gasteiger partial charge in [-0.2, -0.15) is 4.98 Å². The van der Waals surface area contributed by atoms with Gasteiger partial charge in [0.25, 0.3) is 6.43 Å². The van der Waals surface area contributed by atoms with Crippen LogP contribution in [0.25, 0.3) is 0 Å². The molecule has 1 aromatic heterocycles. The van der Waals surface area contributed by atoms with Gasteiger partial charge in [0, 0.05) is 24.6 Å². The highest BCUT2D eigenvalue weighted by molar-refractivity contribution is 5.42. The Balaban J connectivity index is 1.76. The van der Waals surface area contributed by atoms with Crippen molar-refractivity contribution >= 4 is 11.8 Å². The van der Waals surface area contributed by atoms with E-state index in [4.69, 9.17) is 10.5 Å². The zero-order chi connectivity index (χ0) is 14.8. The zero-order valence-electron chi connectivity index (χ0n) is 11.8. The van der Waals surface area contributed by atoms with Crippen LogP contribution >= 0.6 is 0 Å². The summed E-state index contributed by atoms with van der Waals surface area (Å²) in [6, 6.07) is 1.50. The first-order chi connectivity index (χ1) is 10.1. The van der Waals surface area contributed by atoms with Crippen LogP contribution in [0, 0.1) is 11.8 Å². The average molecular weight is 298 g/mol. The van der Waals surface area contributed by atoms with E-state index < -0.39 is 6.43 Å². The van der Waals surface area contributed by atoms with Gasteiger partial charge in [0.05, 0.1) is 6.61 Å². The van der Waals surface area contributed by atoms with Crippen LogP contribution in [0.1, 0.15) is 37.8 Å². The van der Waals surface area contributed by atoms with E-state index in [1.165, 1.54) is 6.07 Å². The minimum atomic E-state index is -2.65. The molecule has 0 aromatic carbocycles. The Morgan fingerprint density at radius 1 is 1.24 bits per heavy atom. The van der Waals surface area contributed by atoms with Gasteiger partial charge in [0.15, 0.2) is 0 Å². The molecule has 0 amide bonds. The molecule has 2 heterocycles. The van der Waals surface area contributed by atoms with Crippen molar-refractivity contribution in [2.24, 2.45) is 11.8 Å². The van der Waals surface area contributed by atoms with Crippen LogP contribution in [0.15, 0.2) is 6.07 Å². The molecule has 21 heavy (non-hydrogen) atoms. The summed E-state index contributed by atoms with van der Waals surface area (Å²) in [5, 5.41) is 3.30. The van der Waals surface area contributed by atoms with Crippen molar-refractivity contribution in [2.45, 2.75) is 38.2 Å². The summed E-state index contributed by atoms with van der Waals surface area (Å²) in [6.45, 7) is 1.53. The first-order valence-electron chi connectivity index (χ1n) is 7.40. The fraction of sp³-hybridized carbons (Fsp3) is 0.714. The predicted octanol–water partition coefficient (Wildman–Crippen LogP) is 2.61. The van der Waals surface area contributed by atoms with Gasteiger partial charge in [-0.3, -0.25) is 0 Å². The molecular formula is C14H20F2N4O. The Hall–Kier alpha value is -1.50. The fourth-order valence-electron chi connectivity index (χ4n) is 2.97. The number of hydrogen-bond acceptors (Lipinski definition) is 5. The molecule has 2 aliphatic rings. The number of halogens is 2. The van der Waals surface area contributed by atoms with Crippen LogP contribution in [0.2, 0.25) is 0 Å². The number of alkyl halides is 2. The summed E-state index contributed by atoms with van der Waals surface area (Å²) in [5.74, 6) is 1.24. The van der Waals surface area contributed by atoms with Gasteiger partial charge < -0.3 is 15.8 Å². The van der Waals surface area contributed by atoms with Gasteiger partial charge in [-0.1, -0.05) is 0 Å². The molecule has 3 N–H and O–H groups in total. The molecule has 3 rings (SSSR count). The summed E-state index contributed by atoms with van der Waals surface area (Å²) in [7, 11) is 0. The quantitative estimate of drug-likeness (QED) is 0.874. The molecule has 2 atom stereocenters. The number of ether oxygens (including phenoxy) is 1. The third kappa shape index (κ3) is 3.58. The molecule has 0 bridgehead atoms. The first-order valence-corrected chi connectivity index (χ1v) is 7.40. The van der Waals surface area contributed by atoms with Crippen LogP contribution < -0.4 is 11.1 Å². The number of nitrogens with two attached hydrogens (primary N) is 1. The topological polar surface area (TPSA) is 73.1 Å². The minimum absolute atomic E-state index is 0.121. The number of nitrogens with zero attached hydrogens (tertiary/aromatic N) is 2. The average Bonchev–Trinajstić information content (AvgIpc) is 3.29. The molecule has 1 saturated carbocycles. The standard InChI is InChI=1S/C14H20F2N4O/c15-13(16)10-6-11(20-14(17)18-10)19-12(8-3-4-8)9-2-1-5-21-7-9/h6,8-9,12-13H,1-5,7H2,(H3,17,18,19,20). The van der Waals surface area contributed by atoms with Crippen molar-refractivity contribution in [3.8, 4) is 0 Å². The van der Waals surface area contributed by atoms with Crippen LogP contribution in [-0.2, 0) is 4.74 Å². The maximum atomic E-state index is 12.8. The lowest BCUT2D eigenvalue weighted by Crippen LogP contribution is -2.37. The van der Waals surface area contributed by atoms with Crippen molar-refractivity contribution in [1.29, 1.82) is 0 Å². The second-order valence-electron chi connectivity index (χ2n) is 5.82. The van der Waals surface area contributed by atoms with Crippen LogP contribution in [0.4, 0.5) is 20.5 Å². The molecule has 2 unspecified atom stereocenters. The number of anilines is 2. The molecule has 1 aliphatic carbocycles. The van der Waals surface area contributed by atoms with Crippen molar-refractivity contribution in [1.82, 2.24) is 9.97 Å². The predicted molar refractivity (Wildman–Crippen MR) is 75.1 cm³/mol. The van der Waals surface area contributed by atoms with Gasteiger partial charge in [-0.05, 0) is 31.6 Å². The highest BCUT2D eigenvalue weighted by atomic mass is 19.3. The van der Waals surface area contributed by atoms with E-state index in [0.29, 0.717) is 17.7 Å². The molecule has 116 valence electrons. The molecule has 1 aromatic rings. The van der Waals surface area contributed by atoms with E-state index in [2.05, 4.69) is 15.3 Å². The maximum absolute atomic E-state index is 12.8. The zero-order valence-corrected chi connectivity index (χ0v) is 11.8. The van der Waals surface area contributed by atoms with Gasteiger partial charge in [-0.25, -0.2) is 13.8 Å². The van der Waals surface area contributed by atoms with E-state index in [1.54, 1.807) is 0 Å². The van der Waals surface area contributed by atoms with E-state index in [1.807, 2.05) is 0 Å². The van der Waals surface area contributed by atoms with Crippen molar-refractivity contribution in [2.75, 3.05) is 24.3 Å². The molecule has 5 nitrogen and oxygen atoms in total. The summed E-state index contributed by atoms with van der Waals surface area (Å²) in [6.07, 6.45) is 1.82. The first kappa shape index (κ1) is 14.4. The van der Waals surface area contributed by atoms with Gasteiger partial charge in [-0.15, -0.1) is 0 Å². The number of nitrogen functional groups attached to an aromatic ring is 1. The smallest absolute Gasteiger partial charge is 0.280 e. The highest BCUT2D eigenvalue weighted by Gasteiger charge is 2.37. The van der Waals surface area contributed by atoms with Crippen LogP contribution in [-0.4, -0.2) is 29.2 Å². The second kappa shape index (κ2) is 6.09. The summed E-state index contributed by atoms with van der Waals surface area (Å²) < 4.78 is 31.1. The summed E-state index contributed by atoms with van der Waals surface area (Å²) in [5.41, 5.74) is 5.19. The lowest BCUT2D eigenvalue weighted by atomic mass is 9.90. The van der Waals surface area contributed by atoms with E-state index >= 15 is 0 Å². The number of rotatable bonds is 5. The molecule has 7 heteroatoms. The highest BCUT2D eigenvalue weighted by Crippen LogP contribution is 2.39. The molecule has 2 fully saturated rings. The van der Waals surface area contributed by atoms with Gasteiger partial charge >= 0.3 is 0 Å². The number of nitrogens with one attached hydrogen (secondary N) is 1. The van der Waals surface area contributed by atoms with Crippen LogP contribution in [0.5, 0.6) is 0 Å². The lowest BCUT2D eigenvalue weighted by molar-refractivity contribution is 0.0448. The van der Waals surface area contributed by atoms with E-state index in [9.17, 15) is 8.78 Å². The van der Waals surface area contributed by atoms with Crippen LogP contribution in [0.3, 0.4) is 0 Å². The Morgan fingerprint density at radius 3 is 2.67 bits per heavy atom. The largest absolute Gasteiger partial charge is 0.381 e. The molecular weight excluding hydrogens is 278 g/mol. The normalized spacial score (nSPS) is 24.0. The summed E-state index contributed by atoms with van der Waals surface area (Å²) >= 11 is 0. The SMILES string of the molecule is Nc1nc(NC(C2CC2)C2CCCOC2)cc(C(F)F)n1. The summed E-state index contributed by atoms with van der Waals surface area (Å²) in [4.78, 5) is 7.61. The van der Waals surface area contributed by atoms with Crippen molar-refractivity contribution < 1.29 is 13.5 Å². The van der Waals surface area contributed by atoms with Crippen molar-refractivity contribution in [3.05, 3.63) is 11.8 Å². The third-order valence-corrected chi connectivity index (χ3v) is 4.13. The van der Waals surface area contributed by atoms with E-state index in [-0.39, 0.29) is 17.7 Å². The lowest BCUT2D eigenvalue weighted by Gasteiger charge is -2.31. The monoisotopic (exact) mass is 298 g/mol. The van der Waals surface area contributed by atoms with Crippen molar-refractivity contribution in [3.63, 3.8) is 0 Å². The second-order valence-corrected chi connectivity index (χ2v) is 5.82. The Kier molecular flexibility index (Phi) is 4.19. The minimum Gasteiger partial charge on any atom is -0.381 e. The Morgan fingerprint density at radius 2 is 2.05 bits per heavy atom. The molecule has 1 aliphatic heterocycles. The molecule has 0 radical (unpaired) electrons. The number of aromatic nitrogens is 2. The molecule has 0 spiro atoms. The Bertz CT molecular complexity index is 490. The molecule has 1 saturated heterocycles.